The molecule has 1 saturated heterocycles. The van der Waals surface area contributed by atoms with Gasteiger partial charge in [0.2, 0.25) is 0 Å². The van der Waals surface area contributed by atoms with Crippen molar-refractivity contribution in [3.8, 4) is 0 Å². The number of nitrogens with two attached hydrogens (primary N) is 1. The van der Waals surface area contributed by atoms with Crippen LogP contribution >= 0.6 is 0 Å². The first kappa shape index (κ1) is 15.3. The van der Waals surface area contributed by atoms with Gasteiger partial charge in [0, 0.05) is 6.54 Å². The van der Waals surface area contributed by atoms with Crippen molar-refractivity contribution >= 4 is 0 Å². The largest absolute Gasteiger partial charge is 0.408 e. The molecule has 3 atom stereocenters. The highest BCUT2D eigenvalue weighted by Crippen LogP contribution is 2.40. The van der Waals surface area contributed by atoms with E-state index in [4.69, 9.17) is 5.73 Å². The second kappa shape index (κ2) is 6.14. The number of benzene rings is 1. The van der Waals surface area contributed by atoms with Crippen molar-refractivity contribution in [1.29, 1.82) is 0 Å². The van der Waals surface area contributed by atoms with Crippen LogP contribution in [0.25, 0.3) is 0 Å². The predicted octanol–water partition coefficient (Wildman–Crippen LogP) is 3.21. The minimum Gasteiger partial charge on any atom is -0.330 e. The van der Waals surface area contributed by atoms with Crippen LogP contribution in [0.2, 0.25) is 0 Å². The van der Waals surface area contributed by atoms with Crippen molar-refractivity contribution in [3.05, 3.63) is 35.9 Å². The number of nitrogens with zero attached hydrogens (tertiary/aromatic N) is 1. The summed E-state index contributed by atoms with van der Waals surface area (Å²) in [6.07, 6.45) is -3.50. The van der Waals surface area contributed by atoms with Gasteiger partial charge in [-0.05, 0) is 36.9 Å². The lowest BCUT2D eigenvalue weighted by Crippen LogP contribution is -2.48. The highest BCUT2D eigenvalue weighted by atomic mass is 19.4. The zero-order valence-corrected chi connectivity index (χ0v) is 11.6. The summed E-state index contributed by atoms with van der Waals surface area (Å²) in [6, 6.07) is 6.62. The molecule has 112 valence electrons. The van der Waals surface area contributed by atoms with E-state index < -0.39 is 12.2 Å². The van der Waals surface area contributed by atoms with Gasteiger partial charge in [0.1, 0.15) is 6.04 Å². The molecule has 2 rings (SSSR count). The third-order valence-corrected chi connectivity index (χ3v) is 4.24. The number of rotatable bonds is 3. The summed E-state index contributed by atoms with van der Waals surface area (Å²) < 4.78 is 40.3. The zero-order chi connectivity index (χ0) is 14.8. The Kier molecular flexibility index (Phi) is 4.70. The predicted molar refractivity (Wildman–Crippen MR) is 73.1 cm³/mol. The second-order valence-corrected chi connectivity index (χ2v) is 5.61. The summed E-state index contributed by atoms with van der Waals surface area (Å²) in [5.74, 6) is 0.526. The van der Waals surface area contributed by atoms with Crippen LogP contribution in [-0.4, -0.2) is 30.7 Å². The van der Waals surface area contributed by atoms with Gasteiger partial charge in [-0.15, -0.1) is 0 Å². The molecular weight excluding hydrogens is 265 g/mol. The first-order valence-corrected chi connectivity index (χ1v) is 6.99. The van der Waals surface area contributed by atoms with E-state index in [2.05, 4.69) is 6.92 Å². The third kappa shape index (κ3) is 3.33. The van der Waals surface area contributed by atoms with Gasteiger partial charge < -0.3 is 5.73 Å². The van der Waals surface area contributed by atoms with E-state index in [9.17, 15) is 13.2 Å². The molecule has 0 saturated carbocycles. The molecule has 0 amide bonds. The Morgan fingerprint density at radius 3 is 2.50 bits per heavy atom. The van der Waals surface area contributed by atoms with Crippen molar-refractivity contribution in [1.82, 2.24) is 4.90 Å². The molecule has 0 spiro atoms. The molecule has 2 N–H and O–H groups in total. The molecule has 1 heterocycles. The summed E-state index contributed by atoms with van der Waals surface area (Å²) in [7, 11) is 0. The molecule has 5 heteroatoms. The van der Waals surface area contributed by atoms with E-state index >= 15 is 0 Å². The van der Waals surface area contributed by atoms with Gasteiger partial charge in [-0.3, -0.25) is 4.90 Å². The minimum absolute atomic E-state index is 0.136. The monoisotopic (exact) mass is 286 g/mol. The van der Waals surface area contributed by atoms with Crippen molar-refractivity contribution < 1.29 is 13.2 Å². The Hall–Kier alpha value is -1.07. The maximum atomic E-state index is 13.4. The fourth-order valence-corrected chi connectivity index (χ4v) is 2.96. The van der Waals surface area contributed by atoms with Crippen LogP contribution in [0, 0.1) is 11.8 Å². The second-order valence-electron chi connectivity index (χ2n) is 5.61. The Bertz CT molecular complexity index is 419. The lowest BCUT2D eigenvalue weighted by Gasteiger charge is -2.41. The van der Waals surface area contributed by atoms with Gasteiger partial charge >= 0.3 is 6.18 Å². The topological polar surface area (TPSA) is 29.3 Å². The standard InChI is InChI=1S/C15H21F3N2/c1-11-7-8-20(10-13(11)9-19)14(15(16,17)18)12-5-3-2-4-6-12/h2-6,11,13-14H,7-10,19H2,1H3. The van der Waals surface area contributed by atoms with Crippen LogP contribution in [0.5, 0.6) is 0 Å². The Morgan fingerprint density at radius 2 is 1.95 bits per heavy atom. The average Bonchev–Trinajstić information content (AvgIpc) is 2.40. The van der Waals surface area contributed by atoms with Crippen molar-refractivity contribution in [3.63, 3.8) is 0 Å². The van der Waals surface area contributed by atoms with Crippen molar-refractivity contribution in [2.75, 3.05) is 19.6 Å². The molecule has 0 aromatic heterocycles. The molecule has 1 aromatic rings. The van der Waals surface area contributed by atoms with Gasteiger partial charge in [-0.1, -0.05) is 37.3 Å². The first-order valence-electron chi connectivity index (χ1n) is 6.99. The minimum atomic E-state index is -4.26. The molecule has 1 aliphatic rings. The summed E-state index contributed by atoms with van der Waals surface area (Å²) in [6.45, 7) is 3.39. The molecule has 0 radical (unpaired) electrons. The average molecular weight is 286 g/mol. The third-order valence-electron chi connectivity index (χ3n) is 4.24. The molecule has 1 aliphatic heterocycles. The van der Waals surface area contributed by atoms with E-state index in [0.717, 1.165) is 6.42 Å². The van der Waals surface area contributed by atoms with Gasteiger partial charge in [0.25, 0.3) is 0 Å². The summed E-state index contributed by atoms with van der Waals surface area (Å²) in [5, 5.41) is 0. The summed E-state index contributed by atoms with van der Waals surface area (Å²) >= 11 is 0. The van der Waals surface area contributed by atoms with Crippen LogP contribution < -0.4 is 5.73 Å². The van der Waals surface area contributed by atoms with Crippen molar-refractivity contribution in [2.24, 2.45) is 17.6 Å². The van der Waals surface area contributed by atoms with E-state index in [1.54, 1.807) is 30.3 Å². The molecule has 0 bridgehead atoms. The number of alkyl halides is 3. The number of halogens is 3. The van der Waals surface area contributed by atoms with E-state index in [1.165, 1.54) is 4.90 Å². The molecule has 1 aromatic carbocycles. The lowest BCUT2D eigenvalue weighted by atomic mass is 9.85. The molecule has 1 fully saturated rings. The summed E-state index contributed by atoms with van der Waals surface area (Å²) in [5.41, 5.74) is 6.01. The van der Waals surface area contributed by atoms with Gasteiger partial charge in [0.15, 0.2) is 0 Å². The van der Waals surface area contributed by atoms with E-state index in [0.29, 0.717) is 31.1 Å². The molecular formula is C15H21F3N2. The van der Waals surface area contributed by atoms with Crippen LogP contribution in [0.15, 0.2) is 30.3 Å². The van der Waals surface area contributed by atoms with Crippen molar-refractivity contribution in [2.45, 2.75) is 25.6 Å². The van der Waals surface area contributed by atoms with Crippen LogP contribution in [0.4, 0.5) is 13.2 Å². The van der Waals surface area contributed by atoms with Gasteiger partial charge in [-0.2, -0.15) is 13.2 Å². The quantitative estimate of drug-likeness (QED) is 0.924. The molecule has 0 aliphatic carbocycles. The number of hydrogen-bond acceptors (Lipinski definition) is 2. The highest BCUT2D eigenvalue weighted by Gasteiger charge is 2.46. The maximum Gasteiger partial charge on any atom is 0.408 e. The molecule has 20 heavy (non-hydrogen) atoms. The molecule has 2 nitrogen and oxygen atoms in total. The molecule has 3 unspecified atom stereocenters. The van der Waals surface area contributed by atoms with Gasteiger partial charge in [-0.25, -0.2) is 0 Å². The Labute approximate surface area is 117 Å². The highest BCUT2D eigenvalue weighted by molar-refractivity contribution is 5.21. The smallest absolute Gasteiger partial charge is 0.330 e. The van der Waals surface area contributed by atoms with E-state index in [1.807, 2.05) is 0 Å². The Morgan fingerprint density at radius 1 is 1.30 bits per heavy atom. The SMILES string of the molecule is CC1CCN(C(c2ccccc2)C(F)(F)F)CC1CN. The Balaban J connectivity index is 2.24. The first-order chi connectivity index (χ1) is 9.43. The van der Waals surface area contributed by atoms with Gasteiger partial charge in [0.05, 0.1) is 0 Å². The number of hydrogen-bond donors (Lipinski definition) is 1. The maximum absolute atomic E-state index is 13.4. The summed E-state index contributed by atoms with van der Waals surface area (Å²) in [4.78, 5) is 1.53. The lowest BCUT2D eigenvalue weighted by molar-refractivity contribution is -0.192. The number of piperidine rings is 1. The number of likely N-dealkylation sites (tertiary alicyclic amines) is 1. The normalized spacial score (nSPS) is 26.4. The fourth-order valence-electron chi connectivity index (χ4n) is 2.96. The van der Waals surface area contributed by atoms with Crippen LogP contribution in [-0.2, 0) is 0 Å². The zero-order valence-electron chi connectivity index (χ0n) is 11.6. The fraction of sp³-hybridized carbons (Fsp3) is 0.600. The van der Waals surface area contributed by atoms with Crippen LogP contribution in [0.1, 0.15) is 24.9 Å². The van der Waals surface area contributed by atoms with E-state index in [-0.39, 0.29) is 5.92 Å². The van der Waals surface area contributed by atoms with Crippen LogP contribution in [0.3, 0.4) is 0 Å².